The first-order valence-electron chi connectivity index (χ1n) is 6.69. The van der Waals surface area contributed by atoms with Crippen molar-refractivity contribution < 1.29 is 17.9 Å². The molecule has 0 aliphatic heterocycles. The predicted octanol–water partition coefficient (Wildman–Crippen LogP) is 4.30. The number of nitrogens with one attached hydrogen (secondary N) is 1. The van der Waals surface area contributed by atoms with Crippen LogP contribution in [0.1, 0.15) is 39.2 Å². The SMILES string of the molecule is CC(C)(C)NCc1ccc(OCCCC(F)(F)F)cc1. The van der Waals surface area contributed by atoms with Crippen LogP contribution < -0.4 is 10.1 Å². The average Bonchev–Trinajstić information content (AvgIpc) is 2.31. The highest BCUT2D eigenvalue weighted by Gasteiger charge is 2.26. The van der Waals surface area contributed by atoms with Crippen LogP contribution in [0.5, 0.6) is 5.75 Å². The Hall–Kier alpha value is -1.23. The van der Waals surface area contributed by atoms with Gasteiger partial charge in [0.1, 0.15) is 5.75 Å². The number of hydrogen-bond acceptors (Lipinski definition) is 2. The number of rotatable bonds is 6. The summed E-state index contributed by atoms with van der Waals surface area (Å²) in [7, 11) is 0. The second-order valence-electron chi connectivity index (χ2n) is 5.81. The van der Waals surface area contributed by atoms with Crippen LogP contribution in [0.25, 0.3) is 0 Å². The first kappa shape index (κ1) is 16.8. The number of alkyl halides is 3. The Balaban J connectivity index is 2.32. The minimum absolute atomic E-state index is 0.0170. The summed E-state index contributed by atoms with van der Waals surface area (Å²) in [6, 6.07) is 7.40. The van der Waals surface area contributed by atoms with Crippen LogP contribution in [0, 0.1) is 0 Å². The fraction of sp³-hybridized carbons (Fsp3) is 0.600. The highest BCUT2D eigenvalue weighted by atomic mass is 19.4. The summed E-state index contributed by atoms with van der Waals surface area (Å²) >= 11 is 0. The summed E-state index contributed by atoms with van der Waals surface area (Å²) in [5.41, 5.74) is 1.16. The summed E-state index contributed by atoms with van der Waals surface area (Å²) in [6.07, 6.45) is -4.93. The van der Waals surface area contributed by atoms with Gasteiger partial charge in [-0.25, -0.2) is 0 Å². The van der Waals surface area contributed by atoms with Gasteiger partial charge in [-0.05, 0) is 44.9 Å². The van der Waals surface area contributed by atoms with Gasteiger partial charge in [-0.3, -0.25) is 0 Å². The molecule has 0 saturated heterocycles. The number of benzene rings is 1. The van der Waals surface area contributed by atoms with Gasteiger partial charge < -0.3 is 10.1 Å². The van der Waals surface area contributed by atoms with E-state index in [4.69, 9.17) is 4.74 Å². The minimum atomic E-state index is -4.11. The van der Waals surface area contributed by atoms with E-state index in [1.54, 1.807) is 12.1 Å². The van der Waals surface area contributed by atoms with Crippen LogP contribution in [-0.4, -0.2) is 18.3 Å². The van der Waals surface area contributed by atoms with Crippen LogP contribution >= 0.6 is 0 Å². The van der Waals surface area contributed by atoms with Crippen LogP contribution in [0.2, 0.25) is 0 Å². The van der Waals surface area contributed by atoms with Crippen LogP contribution in [-0.2, 0) is 6.54 Å². The van der Waals surface area contributed by atoms with Crippen molar-refractivity contribution in [2.75, 3.05) is 6.61 Å². The topological polar surface area (TPSA) is 21.3 Å². The molecule has 0 unspecified atom stereocenters. The van der Waals surface area contributed by atoms with E-state index >= 15 is 0 Å². The average molecular weight is 289 g/mol. The molecule has 0 aliphatic carbocycles. The third kappa shape index (κ3) is 8.04. The van der Waals surface area contributed by atoms with E-state index in [0.717, 1.165) is 12.1 Å². The minimum Gasteiger partial charge on any atom is -0.494 e. The van der Waals surface area contributed by atoms with Gasteiger partial charge in [0.05, 0.1) is 6.61 Å². The van der Waals surface area contributed by atoms with E-state index in [1.807, 2.05) is 12.1 Å². The van der Waals surface area contributed by atoms with Crippen molar-refractivity contribution in [1.82, 2.24) is 5.32 Å². The van der Waals surface area contributed by atoms with E-state index < -0.39 is 12.6 Å². The van der Waals surface area contributed by atoms with E-state index in [2.05, 4.69) is 26.1 Å². The maximum Gasteiger partial charge on any atom is 0.389 e. The molecule has 114 valence electrons. The van der Waals surface area contributed by atoms with E-state index in [1.165, 1.54) is 0 Å². The fourth-order valence-corrected chi connectivity index (χ4v) is 1.53. The zero-order valence-corrected chi connectivity index (χ0v) is 12.2. The second kappa shape index (κ2) is 6.97. The first-order chi connectivity index (χ1) is 9.16. The molecule has 0 heterocycles. The van der Waals surface area contributed by atoms with Crippen LogP contribution in [0.15, 0.2) is 24.3 Å². The van der Waals surface area contributed by atoms with Gasteiger partial charge in [0.15, 0.2) is 0 Å². The highest BCUT2D eigenvalue weighted by molar-refractivity contribution is 5.27. The summed E-state index contributed by atoms with van der Waals surface area (Å²) in [4.78, 5) is 0. The third-order valence-electron chi connectivity index (χ3n) is 2.62. The normalized spacial score (nSPS) is 12.5. The van der Waals surface area contributed by atoms with Gasteiger partial charge in [0.2, 0.25) is 0 Å². The van der Waals surface area contributed by atoms with Crippen molar-refractivity contribution in [3.63, 3.8) is 0 Å². The molecule has 1 rings (SSSR count). The summed E-state index contributed by atoms with van der Waals surface area (Å²) < 4.78 is 41.1. The van der Waals surface area contributed by atoms with Crippen molar-refractivity contribution in [3.05, 3.63) is 29.8 Å². The maximum absolute atomic E-state index is 12.0. The van der Waals surface area contributed by atoms with Crippen molar-refractivity contribution in [3.8, 4) is 5.75 Å². The molecule has 0 radical (unpaired) electrons. The Morgan fingerprint density at radius 3 is 2.15 bits per heavy atom. The van der Waals surface area contributed by atoms with Crippen LogP contribution in [0.3, 0.4) is 0 Å². The standard InChI is InChI=1S/C15H22F3NO/c1-14(2,3)19-11-12-5-7-13(8-6-12)20-10-4-9-15(16,17)18/h5-8,19H,4,9-11H2,1-3H3. The van der Waals surface area contributed by atoms with Gasteiger partial charge in [0, 0.05) is 18.5 Å². The molecule has 1 aromatic rings. The molecule has 0 atom stereocenters. The lowest BCUT2D eigenvalue weighted by Gasteiger charge is -2.20. The molecular weight excluding hydrogens is 267 g/mol. The fourth-order valence-electron chi connectivity index (χ4n) is 1.53. The highest BCUT2D eigenvalue weighted by Crippen LogP contribution is 2.21. The van der Waals surface area contributed by atoms with Crippen molar-refractivity contribution in [2.24, 2.45) is 0 Å². The Labute approximate surface area is 118 Å². The molecule has 1 N–H and O–H groups in total. The Morgan fingerprint density at radius 2 is 1.65 bits per heavy atom. The molecule has 5 heteroatoms. The lowest BCUT2D eigenvalue weighted by Crippen LogP contribution is -2.35. The molecule has 0 saturated carbocycles. The van der Waals surface area contributed by atoms with E-state index in [9.17, 15) is 13.2 Å². The lowest BCUT2D eigenvalue weighted by atomic mass is 10.1. The van der Waals surface area contributed by atoms with Gasteiger partial charge in [-0.2, -0.15) is 13.2 Å². The zero-order chi connectivity index (χ0) is 15.2. The summed E-state index contributed by atoms with van der Waals surface area (Å²) in [5.74, 6) is 0.603. The molecule has 0 spiro atoms. The lowest BCUT2D eigenvalue weighted by molar-refractivity contribution is -0.136. The second-order valence-corrected chi connectivity index (χ2v) is 5.81. The smallest absolute Gasteiger partial charge is 0.389 e. The molecule has 20 heavy (non-hydrogen) atoms. The van der Waals surface area contributed by atoms with Crippen molar-refractivity contribution in [2.45, 2.75) is 51.9 Å². The Kier molecular flexibility index (Phi) is 5.87. The van der Waals surface area contributed by atoms with E-state index in [0.29, 0.717) is 5.75 Å². The zero-order valence-electron chi connectivity index (χ0n) is 12.2. The van der Waals surface area contributed by atoms with Crippen LogP contribution in [0.4, 0.5) is 13.2 Å². The monoisotopic (exact) mass is 289 g/mol. The molecule has 0 amide bonds. The Morgan fingerprint density at radius 1 is 1.05 bits per heavy atom. The van der Waals surface area contributed by atoms with Crippen molar-refractivity contribution in [1.29, 1.82) is 0 Å². The molecule has 0 aromatic heterocycles. The molecule has 2 nitrogen and oxygen atoms in total. The Bertz CT molecular complexity index is 393. The first-order valence-corrected chi connectivity index (χ1v) is 6.69. The molecular formula is C15H22F3NO. The van der Waals surface area contributed by atoms with Gasteiger partial charge in [-0.1, -0.05) is 12.1 Å². The maximum atomic E-state index is 12.0. The third-order valence-corrected chi connectivity index (χ3v) is 2.62. The molecule has 0 fully saturated rings. The van der Waals surface area contributed by atoms with Gasteiger partial charge in [0.25, 0.3) is 0 Å². The number of halogens is 3. The number of ether oxygens (including phenoxy) is 1. The molecule has 1 aromatic carbocycles. The summed E-state index contributed by atoms with van der Waals surface area (Å²) in [5, 5.41) is 3.36. The molecule has 0 bridgehead atoms. The quantitative estimate of drug-likeness (QED) is 0.789. The largest absolute Gasteiger partial charge is 0.494 e. The van der Waals surface area contributed by atoms with E-state index in [-0.39, 0.29) is 18.6 Å². The van der Waals surface area contributed by atoms with Crippen molar-refractivity contribution >= 4 is 0 Å². The predicted molar refractivity (Wildman–Crippen MR) is 73.8 cm³/mol. The van der Waals surface area contributed by atoms with Gasteiger partial charge in [-0.15, -0.1) is 0 Å². The summed E-state index contributed by atoms with van der Waals surface area (Å²) in [6.45, 7) is 7.10. The number of hydrogen-bond donors (Lipinski definition) is 1. The van der Waals surface area contributed by atoms with Gasteiger partial charge >= 0.3 is 6.18 Å². The molecule has 0 aliphatic rings.